The maximum absolute atomic E-state index is 12.2. The second-order valence-corrected chi connectivity index (χ2v) is 4.02. The van der Waals surface area contributed by atoms with Crippen molar-refractivity contribution < 1.29 is 14.3 Å². The molecule has 4 nitrogen and oxygen atoms in total. The Hall–Kier alpha value is -2.36. The van der Waals surface area contributed by atoms with Crippen LogP contribution < -0.4 is 0 Å². The molecule has 0 unspecified atom stereocenters. The van der Waals surface area contributed by atoms with E-state index in [0.29, 0.717) is 12.3 Å². The summed E-state index contributed by atoms with van der Waals surface area (Å²) in [5.74, 6) is -0.368. The monoisotopic (exact) mass is 257 g/mol. The number of carbonyl (C=O) groups excluding carboxylic acids is 2. The standard InChI is InChI=1S/C15H15NO3/c1-2-19-15(18)14(12-7-4-3-5-8-12)16-10-6-9-13(16)11-17/h3-11,14H,2H2,1H3/t14-/m1/s1. The zero-order valence-electron chi connectivity index (χ0n) is 10.7. The Kier molecular flexibility index (Phi) is 4.13. The van der Waals surface area contributed by atoms with Crippen LogP contribution >= 0.6 is 0 Å². The molecule has 0 fully saturated rings. The van der Waals surface area contributed by atoms with Crippen LogP contribution in [-0.2, 0) is 9.53 Å². The number of nitrogens with zero attached hydrogens (tertiary/aromatic N) is 1. The zero-order chi connectivity index (χ0) is 13.7. The molecule has 0 bridgehead atoms. The third kappa shape index (κ3) is 2.73. The van der Waals surface area contributed by atoms with E-state index >= 15 is 0 Å². The Labute approximate surface area is 111 Å². The number of ether oxygens (including phenoxy) is 1. The van der Waals surface area contributed by atoms with Crippen LogP contribution in [0.25, 0.3) is 0 Å². The summed E-state index contributed by atoms with van der Waals surface area (Å²) in [4.78, 5) is 23.2. The number of aldehydes is 1. The predicted molar refractivity (Wildman–Crippen MR) is 71.0 cm³/mol. The second kappa shape index (κ2) is 6.00. The van der Waals surface area contributed by atoms with E-state index in [0.717, 1.165) is 11.8 Å². The lowest BCUT2D eigenvalue weighted by molar-refractivity contribution is -0.145. The quantitative estimate of drug-likeness (QED) is 0.610. The maximum Gasteiger partial charge on any atom is 0.333 e. The van der Waals surface area contributed by atoms with E-state index < -0.39 is 6.04 Å². The minimum absolute atomic E-state index is 0.305. The van der Waals surface area contributed by atoms with E-state index in [-0.39, 0.29) is 5.97 Å². The van der Waals surface area contributed by atoms with Crippen LogP contribution in [0.5, 0.6) is 0 Å². The van der Waals surface area contributed by atoms with Crippen molar-refractivity contribution in [2.45, 2.75) is 13.0 Å². The molecule has 0 saturated heterocycles. The van der Waals surface area contributed by atoms with Gasteiger partial charge in [-0.15, -0.1) is 0 Å². The third-order valence-electron chi connectivity index (χ3n) is 2.84. The van der Waals surface area contributed by atoms with Crippen LogP contribution in [0.2, 0.25) is 0 Å². The first-order chi connectivity index (χ1) is 9.27. The number of aromatic nitrogens is 1. The highest BCUT2D eigenvalue weighted by molar-refractivity contribution is 5.80. The molecular formula is C15H15NO3. The van der Waals surface area contributed by atoms with E-state index in [2.05, 4.69) is 0 Å². The van der Waals surface area contributed by atoms with Crippen molar-refractivity contribution in [3.63, 3.8) is 0 Å². The van der Waals surface area contributed by atoms with Crippen LogP contribution in [0, 0.1) is 0 Å². The van der Waals surface area contributed by atoms with E-state index in [1.807, 2.05) is 30.3 Å². The molecule has 1 aromatic carbocycles. The number of carbonyl (C=O) groups is 2. The van der Waals surface area contributed by atoms with E-state index in [1.54, 1.807) is 29.8 Å². The van der Waals surface area contributed by atoms with Gasteiger partial charge in [-0.3, -0.25) is 4.79 Å². The topological polar surface area (TPSA) is 48.3 Å². The van der Waals surface area contributed by atoms with Gasteiger partial charge in [-0.2, -0.15) is 0 Å². The van der Waals surface area contributed by atoms with Gasteiger partial charge in [-0.25, -0.2) is 4.79 Å². The summed E-state index contributed by atoms with van der Waals surface area (Å²) in [5, 5.41) is 0. The van der Waals surface area contributed by atoms with Gasteiger partial charge < -0.3 is 9.30 Å². The molecule has 0 spiro atoms. The maximum atomic E-state index is 12.2. The molecule has 0 aliphatic heterocycles. The summed E-state index contributed by atoms with van der Waals surface area (Å²) in [6.45, 7) is 2.07. The zero-order valence-corrected chi connectivity index (χ0v) is 10.7. The van der Waals surface area contributed by atoms with Gasteiger partial charge in [0.15, 0.2) is 12.3 Å². The summed E-state index contributed by atoms with van der Waals surface area (Å²) < 4.78 is 6.73. The Balaban J connectivity index is 2.46. The highest BCUT2D eigenvalue weighted by Gasteiger charge is 2.24. The molecule has 98 valence electrons. The first-order valence-electron chi connectivity index (χ1n) is 6.11. The molecule has 0 saturated carbocycles. The predicted octanol–water partition coefficient (Wildman–Crippen LogP) is 2.45. The van der Waals surface area contributed by atoms with Crippen molar-refractivity contribution in [2.24, 2.45) is 0 Å². The van der Waals surface area contributed by atoms with Crippen molar-refractivity contribution in [1.82, 2.24) is 4.57 Å². The lowest BCUT2D eigenvalue weighted by Gasteiger charge is -2.19. The Morgan fingerprint density at radius 3 is 2.63 bits per heavy atom. The lowest BCUT2D eigenvalue weighted by atomic mass is 10.1. The molecule has 0 amide bonds. The summed E-state index contributed by atoms with van der Waals surface area (Å²) in [6.07, 6.45) is 2.44. The fourth-order valence-electron chi connectivity index (χ4n) is 2.01. The Morgan fingerprint density at radius 2 is 2.00 bits per heavy atom. The molecule has 0 radical (unpaired) electrons. The van der Waals surface area contributed by atoms with Crippen LogP contribution in [-0.4, -0.2) is 23.4 Å². The van der Waals surface area contributed by atoms with E-state index in [1.165, 1.54) is 0 Å². The molecule has 4 heteroatoms. The van der Waals surface area contributed by atoms with Crippen molar-refractivity contribution in [1.29, 1.82) is 0 Å². The third-order valence-corrected chi connectivity index (χ3v) is 2.84. The summed E-state index contributed by atoms with van der Waals surface area (Å²) in [6, 6.07) is 12.0. The van der Waals surface area contributed by atoms with Crippen LogP contribution in [0.3, 0.4) is 0 Å². The molecule has 1 atom stereocenters. The number of rotatable bonds is 5. The van der Waals surface area contributed by atoms with Crippen LogP contribution in [0.1, 0.15) is 29.0 Å². The minimum Gasteiger partial charge on any atom is -0.464 e. The molecule has 0 aliphatic rings. The number of hydrogen-bond acceptors (Lipinski definition) is 3. The first kappa shape index (κ1) is 13.1. The van der Waals surface area contributed by atoms with Gasteiger partial charge in [0, 0.05) is 6.20 Å². The molecule has 1 aromatic heterocycles. The van der Waals surface area contributed by atoms with Gasteiger partial charge in [-0.05, 0) is 24.6 Å². The highest BCUT2D eigenvalue weighted by atomic mass is 16.5. The molecule has 2 aromatic rings. The number of esters is 1. The van der Waals surface area contributed by atoms with Gasteiger partial charge >= 0.3 is 5.97 Å². The van der Waals surface area contributed by atoms with Crippen molar-refractivity contribution in [2.75, 3.05) is 6.61 Å². The normalized spacial score (nSPS) is 11.8. The van der Waals surface area contributed by atoms with Gasteiger partial charge in [-0.1, -0.05) is 30.3 Å². The van der Waals surface area contributed by atoms with Crippen molar-refractivity contribution in [3.05, 3.63) is 59.9 Å². The lowest BCUT2D eigenvalue weighted by Crippen LogP contribution is -2.24. The molecule has 0 aliphatic carbocycles. The largest absolute Gasteiger partial charge is 0.464 e. The summed E-state index contributed by atoms with van der Waals surface area (Å²) in [5.41, 5.74) is 1.24. The first-order valence-corrected chi connectivity index (χ1v) is 6.11. The molecule has 2 rings (SSSR count). The van der Waals surface area contributed by atoms with Crippen molar-refractivity contribution in [3.8, 4) is 0 Å². The van der Waals surface area contributed by atoms with E-state index in [4.69, 9.17) is 4.74 Å². The average molecular weight is 257 g/mol. The smallest absolute Gasteiger partial charge is 0.333 e. The molecular weight excluding hydrogens is 242 g/mol. The van der Waals surface area contributed by atoms with Crippen LogP contribution in [0.15, 0.2) is 48.7 Å². The van der Waals surface area contributed by atoms with Gasteiger partial charge in [0.1, 0.15) is 0 Å². The van der Waals surface area contributed by atoms with Crippen molar-refractivity contribution >= 4 is 12.3 Å². The van der Waals surface area contributed by atoms with Gasteiger partial charge in [0.2, 0.25) is 0 Å². The molecule has 0 N–H and O–H groups in total. The Bertz CT molecular complexity index is 560. The fourth-order valence-corrected chi connectivity index (χ4v) is 2.01. The average Bonchev–Trinajstić information content (AvgIpc) is 2.89. The van der Waals surface area contributed by atoms with Crippen LogP contribution in [0.4, 0.5) is 0 Å². The van der Waals surface area contributed by atoms with E-state index in [9.17, 15) is 9.59 Å². The summed E-state index contributed by atoms with van der Waals surface area (Å²) in [7, 11) is 0. The highest BCUT2D eigenvalue weighted by Crippen LogP contribution is 2.22. The SMILES string of the molecule is CCOC(=O)[C@@H](c1ccccc1)n1cccc1C=O. The molecule has 1 heterocycles. The van der Waals surface area contributed by atoms with Gasteiger partial charge in [0.25, 0.3) is 0 Å². The number of hydrogen-bond donors (Lipinski definition) is 0. The Morgan fingerprint density at radius 1 is 1.26 bits per heavy atom. The number of benzene rings is 1. The second-order valence-electron chi connectivity index (χ2n) is 4.02. The summed E-state index contributed by atoms with van der Waals surface area (Å²) >= 11 is 0. The molecule has 19 heavy (non-hydrogen) atoms. The van der Waals surface area contributed by atoms with Gasteiger partial charge in [0.05, 0.1) is 12.3 Å². The minimum atomic E-state index is -0.628. The fraction of sp³-hybridized carbons (Fsp3) is 0.200.